The average molecular weight is 273 g/mol. The summed E-state index contributed by atoms with van der Waals surface area (Å²) in [7, 11) is 0. The van der Waals surface area contributed by atoms with Gasteiger partial charge in [0.25, 0.3) is 0 Å². The molecule has 0 radical (unpaired) electrons. The summed E-state index contributed by atoms with van der Waals surface area (Å²) in [5.41, 5.74) is 11.1. The molecule has 0 aliphatic carbocycles. The minimum absolute atomic E-state index is 0.703. The van der Waals surface area contributed by atoms with Crippen molar-refractivity contribution in [1.82, 2.24) is 15.0 Å². The Morgan fingerprint density at radius 2 is 1.68 bits per heavy atom. The number of nitrogen functional groups attached to an aromatic ring is 1. The number of hydrogen-bond donors (Lipinski definition) is 1. The lowest BCUT2D eigenvalue weighted by Gasteiger charge is -2.01. The third-order valence-corrected chi connectivity index (χ3v) is 3.56. The van der Waals surface area contributed by atoms with Crippen LogP contribution in [0, 0.1) is 13.8 Å². The molecule has 0 fully saturated rings. The van der Waals surface area contributed by atoms with Crippen molar-refractivity contribution in [2.45, 2.75) is 13.8 Å². The molecule has 0 atom stereocenters. The second-order valence-electron chi connectivity index (χ2n) is 4.62. The SMILES string of the molecule is Cc1cc2nn(-c3ccc(C)c(Cl)c3)nc2cc1N. The fraction of sp³-hybridized carbons (Fsp3) is 0.143. The molecule has 0 aliphatic rings. The monoisotopic (exact) mass is 272 g/mol. The molecule has 1 heterocycles. The Labute approximate surface area is 115 Å². The van der Waals surface area contributed by atoms with Gasteiger partial charge >= 0.3 is 0 Å². The highest BCUT2D eigenvalue weighted by Gasteiger charge is 2.07. The van der Waals surface area contributed by atoms with E-state index in [9.17, 15) is 0 Å². The van der Waals surface area contributed by atoms with Gasteiger partial charge in [-0.3, -0.25) is 0 Å². The lowest BCUT2D eigenvalue weighted by Crippen LogP contribution is -1.98. The van der Waals surface area contributed by atoms with Crippen molar-refractivity contribution in [1.29, 1.82) is 0 Å². The molecule has 0 saturated heterocycles. The van der Waals surface area contributed by atoms with Gasteiger partial charge in [0.2, 0.25) is 0 Å². The van der Waals surface area contributed by atoms with Gasteiger partial charge in [-0.05, 0) is 49.2 Å². The van der Waals surface area contributed by atoms with Crippen LogP contribution in [0.4, 0.5) is 5.69 Å². The minimum Gasteiger partial charge on any atom is -0.398 e. The molecule has 3 rings (SSSR count). The van der Waals surface area contributed by atoms with Crippen LogP contribution < -0.4 is 5.73 Å². The third kappa shape index (κ3) is 2.04. The molecule has 2 N–H and O–H groups in total. The van der Waals surface area contributed by atoms with E-state index in [4.69, 9.17) is 17.3 Å². The number of aryl methyl sites for hydroxylation is 2. The first-order valence-corrected chi connectivity index (χ1v) is 6.32. The maximum absolute atomic E-state index is 6.12. The van der Waals surface area contributed by atoms with Crippen molar-refractivity contribution in [2.24, 2.45) is 0 Å². The third-order valence-electron chi connectivity index (χ3n) is 3.15. The van der Waals surface area contributed by atoms with E-state index in [2.05, 4.69) is 10.2 Å². The first kappa shape index (κ1) is 12.0. The van der Waals surface area contributed by atoms with E-state index in [1.807, 2.05) is 44.2 Å². The van der Waals surface area contributed by atoms with Crippen LogP contribution in [0.3, 0.4) is 0 Å². The maximum atomic E-state index is 6.12. The van der Waals surface area contributed by atoms with Crippen LogP contribution in [0.5, 0.6) is 0 Å². The van der Waals surface area contributed by atoms with Gasteiger partial charge in [0.05, 0.1) is 5.69 Å². The van der Waals surface area contributed by atoms with Gasteiger partial charge < -0.3 is 5.73 Å². The van der Waals surface area contributed by atoms with Crippen molar-refractivity contribution in [3.8, 4) is 5.69 Å². The zero-order chi connectivity index (χ0) is 13.6. The quantitative estimate of drug-likeness (QED) is 0.692. The Kier molecular flexibility index (Phi) is 2.68. The van der Waals surface area contributed by atoms with Crippen molar-refractivity contribution in [2.75, 3.05) is 5.73 Å². The molecule has 2 aromatic carbocycles. The minimum atomic E-state index is 0.703. The molecule has 0 amide bonds. The number of anilines is 1. The van der Waals surface area contributed by atoms with Crippen LogP contribution in [-0.4, -0.2) is 15.0 Å². The number of hydrogen-bond acceptors (Lipinski definition) is 3. The standard InChI is InChI=1S/C14H13ClN4/c1-8-3-4-10(6-11(8)15)19-17-13-5-9(2)12(16)7-14(13)18-19/h3-7H,16H2,1-2H3. The first-order valence-electron chi connectivity index (χ1n) is 5.94. The van der Waals surface area contributed by atoms with E-state index in [1.54, 1.807) is 4.80 Å². The van der Waals surface area contributed by atoms with E-state index in [1.165, 1.54) is 0 Å². The molecule has 4 nitrogen and oxygen atoms in total. The molecule has 3 aromatic rings. The Morgan fingerprint density at radius 3 is 2.37 bits per heavy atom. The lowest BCUT2D eigenvalue weighted by molar-refractivity contribution is 0.765. The molecule has 5 heteroatoms. The van der Waals surface area contributed by atoms with Crippen LogP contribution in [-0.2, 0) is 0 Å². The summed E-state index contributed by atoms with van der Waals surface area (Å²) in [5.74, 6) is 0. The molecule has 0 spiro atoms. The van der Waals surface area contributed by atoms with Crippen molar-refractivity contribution in [3.63, 3.8) is 0 Å². The van der Waals surface area contributed by atoms with Crippen molar-refractivity contribution >= 4 is 28.3 Å². The number of aromatic nitrogens is 3. The van der Waals surface area contributed by atoms with Gasteiger partial charge in [-0.25, -0.2) is 0 Å². The molecule has 19 heavy (non-hydrogen) atoms. The molecule has 0 aliphatic heterocycles. The fourth-order valence-electron chi connectivity index (χ4n) is 1.91. The Balaban J connectivity index is 2.17. The highest BCUT2D eigenvalue weighted by atomic mass is 35.5. The van der Waals surface area contributed by atoms with Gasteiger partial charge in [-0.2, -0.15) is 4.80 Å². The smallest absolute Gasteiger partial charge is 0.115 e. The van der Waals surface area contributed by atoms with Crippen LogP contribution in [0.2, 0.25) is 5.02 Å². The Hall–Kier alpha value is -2.07. The number of nitrogens with zero attached hydrogens (tertiary/aromatic N) is 3. The van der Waals surface area contributed by atoms with Crippen molar-refractivity contribution < 1.29 is 0 Å². The Bertz CT molecular complexity index is 737. The first-order chi connectivity index (χ1) is 9.04. The number of rotatable bonds is 1. The number of fused-ring (bicyclic) bond motifs is 1. The van der Waals surface area contributed by atoms with Gasteiger partial charge in [0, 0.05) is 10.7 Å². The number of halogens is 1. The van der Waals surface area contributed by atoms with Gasteiger partial charge in [0.1, 0.15) is 11.0 Å². The molecule has 96 valence electrons. The predicted octanol–water partition coefficient (Wildman–Crippen LogP) is 3.27. The summed E-state index contributed by atoms with van der Waals surface area (Å²) in [6.45, 7) is 3.92. The van der Waals surface area contributed by atoms with E-state index >= 15 is 0 Å². The number of nitrogens with two attached hydrogens (primary N) is 1. The van der Waals surface area contributed by atoms with Crippen LogP contribution in [0.25, 0.3) is 16.7 Å². The normalized spacial score (nSPS) is 11.1. The van der Waals surface area contributed by atoms with E-state index in [0.29, 0.717) is 5.02 Å². The second kappa shape index (κ2) is 4.24. The summed E-state index contributed by atoms with van der Waals surface area (Å²) >= 11 is 6.12. The summed E-state index contributed by atoms with van der Waals surface area (Å²) in [5, 5.41) is 9.57. The fourth-order valence-corrected chi connectivity index (χ4v) is 2.08. The van der Waals surface area contributed by atoms with Gasteiger partial charge in [-0.15, -0.1) is 10.2 Å². The zero-order valence-corrected chi connectivity index (χ0v) is 11.4. The molecule has 1 aromatic heterocycles. The second-order valence-corrected chi connectivity index (χ2v) is 5.03. The van der Waals surface area contributed by atoms with Crippen molar-refractivity contribution in [3.05, 3.63) is 46.5 Å². The van der Waals surface area contributed by atoms with E-state index in [0.717, 1.165) is 33.5 Å². The average Bonchev–Trinajstić information content (AvgIpc) is 2.76. The van der Waals surface area contributed by atoms with Crippen LogP contribution in [0.1, 0.15) is 11.1 Å². The van der Waals surface area contributed by atoms with Gasteiger partial charge in [-0.1, -0.05) is 17.7 Å². The van der Waals surface area contributed by atoms with E-state index in [-0.39, 0.29) is 0 Å². The largest absolute Gasteiger partial charge is 0.398 e. The zero-order valence-electron chi connectivity index (χ0n) is 10.7. The molecule has 0 bridgehead atoms. The van der Waals surface area contributed by atoms with Crippen LogP contribution in [0.15, 0.2) is 30.3 Å². The highest BCUT2D eigenvalue weighted by molar-refractivity contribution is 6.31. The predicted molar refractivity (Wildman–Crippen MR) is 77.8 cm³/mol. The molecular formula is C14H13ClN4. The van der Waals surface area contributed by atoms with E-state index < -0.39 is 0 Å². The Morgan fingerprint density at radius 1 is 1.00 bits per heavy atom. The number of benzene rings is 2. The maximum Gasteiger partial charge on any atom is 0.115 e. The molecule has 0 saturated carbocycles. The summed E-state index contributed by atoms with van der Waals surface area (Å²) in [6.07, 6.45) is 0. The van der Waals surface area contributed by atoms with Crippen LogP contribution >= 0.6 is 11.6 Å². The summed E-state index contributed by atoms with van der Waals surface area (Å²) in [4.78, 5) is 1.58. The highest BCUT2D eigenvalue weighted by Crippen LogP contribution is 2.22. The summed E-state index contributed by atoms with van der Waals surface area (Å²) in [6, 6.07) is 9.52. The summed E-state index contributed by atoms with van der Waals surface area (Å²) < 4.78 is 0. The van der Waals surface area contributed by atoms with Gasteiger partial charge in [0.15, 0.2) is 0 Å². The molecule has 0 unspecified atom stereocenters. The molecular weight excluding hydrogens is 260 g/mol. The topological polar surface area (TPSA) is 56.7 Å². The lowest BCUT2D eigenvalue weighted by atomic mass is 10.2.